The van der Waals surface area contributed by atoms with E-state index in [1.165, 1.54) is 12.0 Å². The van der Waals surface area contributed by atoms with Crippen LogP contribution in [0.2, 0.25) is 0 Å². The molecule has 18 heavy (non-hydrogen) atoms. The smallest absolute Gasteiger partial charge is 0.324 e. The van der Waals surface area contributed by atoms with Crippen molar-refractivity contribution in [2.45, 2.75) is 13.3 Å². The van der Waals surface area contributed by atoms with Crippen molar-refractivity contribution in [3.05, 3.63) is 16.1 Å². The Kier molecular flexibility index (Phi) is 3.88. The number of nitrogen functional groups attached to an aromatic ring is 1. The third kappa shape index (κ3) is 3.04. The Morgan fingerprint density at radius 1 is 1.28 bits per heavy atom. The molecular weight excluding hydrogens is 254 g/mol. The molecule has 0 fully saturated rings. The molecule has 0 aliphatic heterocycles. The van der Waals surface area contributed by atoms with Crippen LogP contribution in [-0.4, -0.2) is 33.7 Å². The Morgan fingerprint density at radius 2 is 2.06 bits per heavy atom. The van der Waals surface area contributed by atoms with Gasteiger partial charge in [0.25, 0.3) is 0 Å². The molecule has 2 heterocycles. The number of methoxy groups -OCH3 is 1. The predicted molar refractivity (Wildman–Crippen MR) is 66.8 cm³/mol. The lowest BCUT2D eigenvalue weighted by atomic mass is 10.3. The van der Waals surface area contributed by atoms with E-state index in [1.807, 2.05) is 12.4 Å². The first-order valence-electron chi connectivity index (χ1n) is 5.26. The van der Waals surface area contributed by atoms with Crippen LogP contribution >= 0.6 is 11.3 Å². The van der Waals surface area contributed by atoms with Gasteiger partial charge in [0.2, 0.25) is 5.95 Å². The third-order valence-electron chi connectivity index (χ3n) is 2.20. The van der Waals surface area contributed by atoms with Gasteiger partial charge in [-0.15, -0.1) is 16.3 Å². The van der Waals surface area contributed by atoms with Crippen molar-refractivity contribution in [1.29, 1.82) is 0 Å². The molecule has 0 aliphatic rings. The average Bonchev–Trinajstić information content (AvgIpc) is 2.74. The van der Waals surface area contributed by atoms with E-state index in [0.717, 1.165) is 12.1 Å². The lowest BCUT2D eigenvalue weighted by Gasteiger charge is -2.05. The number of aromatic nitrogens is 4. The fourth-order valence-corrected chi connectivity index (χ4v) is 2.07. The Hall–Kier alpha value is -1.96. The summed E-state index contributed by atoms with van der Waals surface area (Å²) in [6.07, 6.45) is 0.754. The molecule has 0 aliphatic carbocycles. The van der Waals surface area contributed by atoms with Crippen molar-refractivity contribution in [1.82, 2.24) is 19.9 Å². The van der Waals surface area contributed by atoms with Gasteiger partial charge < -0.3 is 15.2 Å². The lowest BCUT2D eigenvalue weighted by molar-refractivity contribution is 0.285. The molecule has 96 valence electrons. The van der Waals surface area contributed by atoms with Crippen LogP contribution in [0.25, 0.3) is 0 Å². The van der Waals surface area contributed by atoms with Crippen molar-refractivity contribution >= 4 is 17.3 Å². The maximum absolute atomic E-state index is 5.50. The van der Waals surface area contributed by atoms with Gasteiger partial charge in [0.05, 0.1) is 24.9 Å². The molecule has 0 atom stereocenters. The summed E-state index contributed by atoms with van der Waals surface area (Å²) in [6.45, 7) is 2.42. The van der Waals surface area contributed by atoms with Gasteiger partial charge in [-0.1, -0.05) is 0 Å². The van der Waals surface area contributed by atoms with Crippen LogP contribution in [0.3, 0.4) is 0 Å². The summed E-state index contributed by atoms with van der Waals surface area (Å²) in [4.78, 5) is 16.9. The van der Waals surface area contributed by atoms with E-state index < -0.39 is 0 Å². The summed E-state index contributed by atoms with van der Waals surface area (Å²) >= 11 is 1.60. The zero-order chi connectivity index (χ0) is 13.0. The van der Waals surface area contributed by atoms with Crippen LogP contribution in [0, 0.1) is 6.92 Å². The van der Waals surface area contributed by atoms with E-state index in [-0.39, 0.29) is 18.0 Å². The molecule has 0 unspecified atom stereocenters. The third-order valence-corrected chi connectivity index (χ3v) is 3.19. The fraction of sp³-hybridized carbons (Fsp3) is 0.400. The molecule has 0 spiro atoms. The van der Waals surface area contributed by atoms with Crippen molar-refractivity contribution in [3.63, 3.8) is 0 Å². The van der Waals surface area contributed by atoms with Crippen LogP contribution < -0.4 is 15.2 Å². The van der Waals surface area contributed by atoms with Crippen LogP contribution in [-0.2, 0) is 6.42 Å². The minimum Gasteiger partial charge on any atom is -0.467 e. The number of anilines is 1. The summed E-state index contributed by atoms with van der Waals surface area (Å²) in [7, 11) is 1.46. The summed E-state index contributed by atoms with van der Waals surface area (Å²) in [6, 6.07) is 0.313. The molecule has 0 bridgehead atoms. The summed E-state index contributed by atoms with van der Waals surface area (Å²) in [5, 5.41) is 0. The molecular formula is C10H13N5O2S. The quantitative estimate of drug-likeness (QED) is 0.857. The highest BCUT2D eigenvalue weighted by Crippen LogP contribution is 2.14. The monoisotopic (exact) mass is 267 g/mol. The lowest BCUT2D eigenvalue weighted by Crippen LogP contribution is -2.07. The first-order chi connectivity index (χ1) is 8.69. The van der Waals surface area contributed by atoms with Crippen molar-refractivity contribution < 1.29 is 9.47 Å². The molecule has 0 saturated heterocycles. The van der Waals surface area contributed by atoms with Crippen LogP contribution in [0.4, 0.5) is 5.95 Å². The number of rotatable bonds is 5. The van der Waals surface area contributed by atoms with Crippen molar-refractivity contribution in [2.75, 3.05) is 19.5 Å². The largest absolute Gasteiger partial charge is 0.467 e. The molecule has 2 rings (SSSR count). The van der Waals surface area contributed by atoms with Gasteiger partial charge >= 0.3 is 12.0 Å². The Morgan fingerprint density at radius 3 is 2.72 bits per heavy atom. The van der Waals surface area contributed by atoms with Crippen LogP contribution in [0.15, 0.2) is 5.51 Å². The maximum atomic E-state index is 5.50. The standard InChI is InChI=1S/C10H13N5O2S/c1-6-7(18-5-12-6)3-4-17-10-14-8(11)13-9(15-10)16-2/h5H,3-4H2,1-2H3,(H2,11,13,14,15). The van der Waals surface area contributed by atoms with Gasteiger partial charge in [-0.3, -0.25) is 0 Å². The van der Waals surface area contributed by atoms with Crippen LogP contribution in [0.5, 0.6) is 12.0 Å². The molecule has 2 aromatic rings. The fourth-order valence-electron chi connectivity index (χ4n) is 1.31. The highest BCUT2D eigenvalue weighted by atomic mass is 32.1. The zero-order valence-electron chi connectivity index (χ0n) is 10.1. The van der Waals surface area contributed by atoms with E-state index in [0.29, 0.717) is 6.61 Å². The molecule has 2 N–H and O–H groups in total. The van der Waals surface area contributed by atoms with Crippen molar-refractivity contribution in [2.24, 2.45) is 0 Å². The van der Waals surface area contributed by atoms with Gasteiger partial charge in [0.1, 0.15) is 0 Å². The topological polar surface area (TPSA) is 96.0 Å². The first-order valence-corrected chi connectivity index (χ1v) is 6.14. The van der Waals surface area contributed by atoms with Gasteiger partial charge in [-0.25, -0.2) is 4.98 Å². The summed E-state index contributed by atoms with van der Waals surface area (Å²) in [5.41, 5.74) is 8.33. The van der Waals surface area contributed by atoms with Gasteiger partial charge in [-0.05, 0) is 6.92 Å². The van der Waals surface area contributed by atoms with E-state index in [9.17, 15) is 0 Å². The second kappa shape index (κ2) is 5.58. The minimum absolute atomic E-state index is 0.0748. The number of hydrogen-bond donors (Lipinski definition) is 1. The number of nitrogens with zero attached hydrogens (tertiary/aromatic N) is 4. The van der Waals surface area contributed by atoms with E-state index >= 15 is 0 Å². The first kappa shape index (κ1) is 12.5. The van der Waals surface area contributed by atoms with Gasteiger partial charge in [-0.2, -0.15) is 9.97 Å². The maximum Gasteiger partial charge on any atom is 0.324 e. The van der Waals surface area contributed by atoms with Gasteiger partial charge in [0.15, 0.2) is 0 Å². The summed E-state index contributed by atoms with van der Waals surface area (Å²) < 4.78 is 10.3. The molecule has 2 aromatic heterocycles. The van der Waals surface area contributed by atoms with Crippen LogP contribution in [0.1, 0.15) is 10.6 Å². The highest BCUT2D eigenvalue weighted by molar-refractivity contribution is 7.09. The molecule has 7 nitrogen and oxygen atoms in total. The second-order valence-corrected chi connectivity index (χ2v) is 4.36. The number of thiazole rings is 1. The molecule has 0 amide bonds. The SMILES string of the molecule is COc1nc(N)nc(OCCc2scnc2C)n1. The van der Waals surface area contributed by atoms with Crippen molar-refractivity contribution in [3.8, 4) is 12.0 Å². The predicted octanol–water partition coefficient (Wildman–Crippen LogP) is 0.849. The average molecular weight is 267 g/mol. The number of hydrogen-bond acceptors (Lipinski definition) is 8. The summed E-state index contributed by atoms with van der Waals surface area (Å²) in [5.74, 6) is 0.0748. The van der Waals surface area contributed by atoms with E-state index in [1.54, 1.807) is 11.3 Å². The highest BCUT2D eigenvalue weighted by Gasteiger charge is 2.06. The van der Waals surface area contributed by atoms with E-state index in [4.69, 9.17) is 15.2 Å². The number of ether oxygens (including phenoxy) is 2. The molecule has 8 heteroatoms. The second-order valence-electron chi connectivity index (χ2n) is 3.42. The molecule has 0 aromatic carbocycles. The molecule has 0 radical (unpaired) electrons. The number of aryl methyl sites for hydroxylation is 1. The Balaban J connectivity index is 1.94. The Labute approximate surface area is 108 Å². The normalized spacial score (nSPS) is 10.3. The zero-order valence-corrected chi connectivity index (χ0v) is 10.9. The molecule has 0 saturated carbocycles. The van der Waals surface area contributed by atoms with E-state index in [2.05, 4.69) is 19.9 Å². The van der Waals surface area contributed by atoms with Gasteiger partial charge in [0, 0.05) is 11.3 Å². The Bertz CT molecular complexity index is 531. The minimum atomic E-state index is 0.0748. The number of nitrogens with two attached hydrogens (primary N) is 1.